The molecule has 0 saturated carbocycles. The fourth-order valence-electron chi connectivity index (χ4n) is 4.16. The minimum atomic E-state index is -4.53. The summed E-state index contributed by atoms with van der Waals surface area (Å²) in [5, 5.41) is 15.0. The average molecular weight is 652 g/mol. The third-order valence-corrected chi connectivity index (χ3v) is 9.03. The van der Waals surface area contributed by atoms with E-state index < -0.39 is 39.3 Å². The Morgan fingerprint density at radius 3 is 2.33 bits per heavy atom. The standard InChI is InChI=1S/C29H32Cl2N4O7S/c1-5-14-32-29(37)20(3)33(17-21-7-8-22(30)15-26(21)31)28(36)18-34(23-9-11-24(42-4)12-10-23)43(40,41)25-13-6-19(2)27(16-25)35(38)39/h6-13,15-16,20H,5,14,17-18H2,1-4H3,(H,32,37)/t20-/m1/s1. The van der Waals surface area contributed by atoms with Gasteiger partial charge in [-0.2, -0.15) is 0 Å². The molecule has 0 aliphatic carbocycles. The van der Waals surface area contributed by atoms with E-state index in [2.05, 4.69) is 5.32 Å². The number of anilines is 1. The number of nitro groups is 1. The van der Waals surface area contributed by atoms with Gasteiger partial charge in [0.25, 0.3) is 15.7 Å². The minimum Gasteiger partial charge on any atom is -0.497 e. The Hall–Kier alpha value is -3.87. The molecule has 2 amide bonds. The third-order valence-electron chi connectivity index (χ3n) is 6.68. The van der Waals surface area contributed by atoms with Crippen LogP contribution >= 0.6 is 23.2 Å². The van der Waals surface area contributed by atoms with Crippen molar-refractivity contribution in [3.63, 3.8) is 0 Å². The molecule has 0 spiro atoms. The van der Waals surface area contributed by atoms with E-state index in [4.69, 9.17) is 27.9 Å². The topological polar surface area (TPSA) is 139 Å². The van der Waals surface area contributed by atoms with E-state index in [0.29, 0.717) is 29.3 Å². The molecule has 0 radical (unpaired) electrons. The minimum absolute atomic E-state index is 0.102. The molecule has 0 saturated heterocycles. The molecule has 0 aliphatic rings. The summed E-state index contributed by atoms with van der Waals surface area (Å²) in [5.74, 6) is -0.710. The first kappa shape index (κ1) is 33.6. The number of carbonyl (C=O) groups is 2. The number of carbonyl (C=O) groups excluding carboxylic acids is 2. The molecule has 230 valence electrons. The maximum absolute atomic E-state index is 14.0. The van der Waals surface area contributed by atoms with Crippen LogP contribution in [0.1, 0.15) is 31.4 Å². The van der Waals surface area contributed by atoms with Gasteiger partial charge in [0.05, 0.1) is 22.6 Å². The van der Waals surface area contributed by atoms with Crippen LogP contribution in [0.3, 0.4) is 0 Å². The maximum atomic E-state index is 14.0. The molecule has 0 aromatic heterocycles. The Kier molecular flexibility index (Phi) is 11.4. The number of nitrogens with one attached hydrogen (secondary N) is 1. The summed E-state index contributed by atoms with van der Waals surface area (Å²) in [4.78, 5) is 38.7. The molecule has 0 bridgehead atoms. The molecule has 43 heavy (non-hydrogen) atoms. The highest BCUT2D eigenvalue weighted by Crippen LogP contribution is 2.30. The largest absolute Gasteiger partial charge is 0.497 e. The molecule has 0 fully saturated rings. The Morgan fingerprint density at radius 1 is 1.07 bits per heavy atom. The first-order valence-electron chi connectivity index (χ1n) is 13.2. The molecular formula is C29H32Cl2N4O7S. The zero-order chi connectivity index (χ0) is 31.9. The van der Waals surface area contributed by atoms with Crippen molar-refractivity contribution in [1.29, 1.82) is 0 Å². The molecule has 1 N–H and O–H groups in total. The molecule has 3 rings (SSSR count). The summed E-state index contributed by atoms with van der Waals surface area (Å²) in [5.41, 5.74) is 0.476. The number of ether oxygens (including phenoxy) is 1. The van der Waals surface area contributed by atoms with Gasteiger partial charge in [0, 0.05) is 34.8 Å². The predicted octanol–water partition coefficient (Wildman–Crippen LogP) is 5.36. The van der Waals surface area contributed by atoms with Gasteiger partial charge in [0.1, 0.15) is 18.3 Å². The summed E-state index contributed by atoms with van der Waals surface area (Å²) in [6.45, 7) is 4.43. The van der Waals surface area contributed by atoms with Gasteiger partial charge in [0.2, 0.25) is 11.8 Å². The van der Waals surface area contributed by atoms with Crippen LogP contribution in [-0.2, 0) is 26.2 Å². The van der Waals surface area contributed by atoms with E-state index in [9.17, 15) is 28.1 Å². The van der Waals surface area contributed by atoms with Crippen molar-refractivity contribution >= 4 is 56.4 Å². The number of nitrogens with zero attached hydrogens (tertiary/aromatic N) is 3. The number of halogens is 2. The van der Waals surface area contributed by atoms with E-state index in [1.54, 1.807) is 12.1 Å². The zero-order valence-corrected chi connectivity index (χ0v) is 26.4. The molecule has 14 heteroatoms. The SMILES string of the molecule is CCCNC(=O)[C@@H](C)N(Cc1ccc(Cl)cc1Cl)C(=O)CN(c1ccc(OC)cc1)S(=O)(=O)c1ccc(C)c([N+](=O)[O-])c1. The highest BCUT2D eigenvalue weighted by molar-refractivity contribution is 7.92. The molecule has 1 atom stereocenters. The van der Waals surface area contributed by atoms with Crippen LogP contribution in [0.5, 0.6) is 5.75 Å². The molecule has 0 aliphatic heterocycles. The normalized spacial score (nSPS) is 11.9. The van der Waals surface area contributed by atoms with Gasteiger partial charge in [-0.05, 0) is 68.3 Å². The number of hydrogen-bond acceptors (Lipinski definition) is 7. The summed E-state index contributed by atoms with van der Waals surface area (Å²) < 4.78 is 34.1. The van der Waals surface area contributed by atoms with E-state index >= 15 is 0 Å². The number of sulfonamides is 1. The Labute approximate surface area is 260 Å². The van der Waals surface area contributed by atoms with Gasteiger partial charge in [-0.3, -0.25) is 24.0 Å². The van der Waals surface area contributed by atoms with E-state index in [1.165, 1.54) is 68.3 Å². The van der Waals surface area contributed by atoms with Crippen LogP contribution in [0.25, 0.3) is 0 Å². The van der Waals surface area contributed by atoms with E-state index in [0.717, 1.165) is 10.4 Å². The summed E-state index contributed by atoms with van der Waals surface area (Å²) in [6.07, 6.45) is 0.668. The van der Waals surface area contributed by atoms with Crippen LogP contribution < -0.4 is 14.4 Å². The van der Waals surface area contributed by atoms with Crippen molar-refractivity contribution in [2.24, 2.45) is 0 Å². The van der Waals surface area contributed by atoms with Crippen molar-refractivity contribution in [2.45, 2.75) is 44.7 Å². The van der Waals surface area contributed by atoms with Gasteiger partial charge in [-0.25, -0.2) is 8.42 Å². The van der Waals surface area contributed by atoms with Crippen LogP contribution in [0.15, 0.2) is 65.6 Å². The number of aryl methyl sites for hydroxylation is 1. The van der Waals surface area contributed by atoms with Crippen molar-refractivity contribution in [1.82, 2.24) is 10.2 Å². The first-order valence-corrected chi connectivity index (χ1v) is 15.4. The highest BCUT2D eigenvalue weighted by Gasteiger charge is 2.33. The zero-order valence-electron chi connectivity index (χ0n) is 24.0. The number of methoxy groups -OCH3 is 1. The Balaban J connectivity index is 2.10. The molecule has 3 aromatic rings. The van der Waals surface area contributed by atoms with Gasteiger partial charge in [0.15, 0.2) is 0 Å². The lowest BCUT2D eigenvalue weighted by molar-refractivity contribution is -0.385. The molecule has 0 heterocycles. The van der Waals surface area contributed by atoms with Gasteiger partial charge >= 0.3 is 0 Å². The van der Waals surface area contributed by atoms with Gasteiger partial charge in [-0.15, -0.1) is 0 Å². The monoisotopic (exact) mass is 650 g/mol. The first-order chi connectivity index (χ1) is 20.3. The molecule has 11 nitrogen and oxygen atoms in total. The average Bonchev–Trinajstić information content (AvgIpc) is 2.97. The second-order valence-electron chi connectivity index (χ2n) is 9.64. The fraction of sp³-hybridized carbons (Fsp3) is 0.310. The summed E-state index contributed by atoms with van der Waals surface area (Å²) in [6, 6.07) is 13.2. The number of amides is 2. The highest BCUT2D eigenvalue weighted by atomic mass is 35.5. The van der Waals surface area contributed by atoms with Gasteiger partial charge < -0.3 is 15.0 Å². The second kappa shape index (κ2) is 14.5. The van der Waals surface area contributed by atoms with Crippen molar-refractivity contribution in [3.05, 3.63) is 92.0 Å². The Bertz CT molecular complexity index is 1600. The lowest BCUT2D eigenvalue weighted by atomic mass is 10.1. The van der Waals surface area contributed by atoms with Gasteiger partial charge in [-0.1, -0.05) is 42.3 Å². The number of nitro benzene ring substituents is 1. The third kappa shape index (κ3) is 8.15. The molecule has 3 aromatic carbocycles. The lowest BCUT2D eigenvalue weighted by Gasteiger charge is -2.32. The van der Waals surface area contributed by atoms with Crippen LogP contribution in [-0.4, -0.2) is 56.3 Å². The number of hydrogen-bond donors (Lipinski definition) is 1. The maximum Gasteiger partial charge on any atom is 0.273 e. The lowest BCUT2D eigenvalue weighted by Crippen LogP contribution is -2.51. The second-order valence-corrected chi connectivity index (χ2v) is 12.3. The summed E-state index contributed by atoms with van der Waals surface area (Å²) >= 11 is 12.4. The van der Waals surface area contributed by atoms with Crippen molar-refractivity contribution in [2.75, 3.05) is 24.5 Å². The predicted molar refractivity (Wildman–Crippen MR) is 165 cm³/mol. The van der Waals surface area contributed by atoms with E-state index in [-0.39, 0.29) is 33.4 Å². The molecular weight excluding hydrogens is 619 g/mol. The van der Waals surface area contributed by atoms with Crippen LogP contribution in [0.2, 0.25) is 10.0 Å². The van der Waals surface area contributed by atoms with Crippen LogP contribution in [0, 0.1) is 17.0 Å². The quantitative estimate of drug-likeness (QED) is 0.194. The van der Waals surface area contributed by atoms with Crippen LogP contribution in [0.4, 0.5) is 11.4 Å². The van der Waals surface area contributed by atoms with Crippen molar-refractivity contribution < 1.29 is 27.7 Å². The smallest absolute Gasteiger partial charge is 0.273 e. The van der Waals surface area contributed by atoms with Crippen molar-refractivity contribution in [3.8, 4) is 5.75 Å². The van der Waals surface area contributed by atoms with E-state index in [1.807, 2.05) is 6.92 Å². The molecule has 0 unspecified atom stereocenters. The number of rotatable bonds is 13. The number of benzene rings is 3. The fourth-order valence-corrected chi connectivity index (χ4v) is 6.07. The summed E-state index contributed by atoms with van der Waals surface area (Å²) in [7, 11) is -3.08. The Morgan fingerprint density at radius 2 is 1.74 bits per heavy atom.